The Kier molecular flexibility index (Phi) is 8.90. The monoisotopic (exact) mass is 579 g/mol. The highest BCUT2D eigenvalue weighted by atomic mass is 32.2. The van der Waals surface area contributed by atoms with Gasteiger partial charge in [-0.3, -0.25) is 19.2 Å². The van der Waals surface area contributed by atoms with E-state index in [1.807, 2.05) is 6.07 Å². The summed E-state index contributed by atoms with van der Waals surface area (Å²) in [5, 5.41) is 13.6. The summed E-state index contributed by atoms with van der Waals surface area (Å²) in [5.74, 6) is -0.807. The van der Waals surface area contributed by atoms with E-state index < -0.39 is 11.8 Å². The minimum Gasteiger partial charge on any atom is -0.465 e. The van der Waals surface area contributed by atoms with Gasteiger partial charge in [0.25, 0.3) is 17.7 Å². The van der Waals surface area contributed by atoms with Gasteiger partial charge in [0.1, 0.15) is 17.3 Å². The first-order chi connectivity index (χ1) is 20.4. The number of carbonyl (C=O) groups excluding carboxylic acids is 4. The van der Waals surface area contributed by atoms with Crippen molar-refractivity contribution in [3.8, 4) is 0 Å². The van der Waals surface area contributed by atoms with Gasteiger partial charge < -0.3 is 20.4 Å². The van der Waals surface area contributed by atoms with Crippen molar-refractivity contribution in [3.05, 3.63) is 120 Å². The lowest BCUT2D eigenvalue weighted by atomic mass is 10.2. The van der Waals surface area contributed by atoms with E-state index in [4.69, 9.17) is 4.42 Å². The molecule has 5 rings (SSSR count). The van der Waals surface area contributed by atoms with Crippen molar-refractivity contribution in [3.63, 3.8) is 0 Å². The standard InChI is InChI=1S/C31H25N5O5S/c37-28(34-27-19-29(38)36(35-27)23-12-5-2-6-13-23)20-42-25-15-7-11-22(17-25)32-31(40)26(18-24-14-8-16-41-24)33-30(39)21-9-3-1-4-10-21/h1-18H,19-20H2,(H,32,40)(H,33,39)(H,34,35,37)/b26-18-. The Balaban J connectivity index is 1.20. The Morgan fingerprint density at radius 3 is 2.40 bits per heavy atom. The third kappa shape index (κ3) is 7.40. The molecule has 3 N–H and O–H groups in total. The molecule has 0 aliphatic carbocycles. The van der Waals surface area contributed by atoms with Crippen molar-refractivity contribution in [1.29, 1.82) is 0 Å². The molecule has 42 heavy (non-hydrogen) atoms. The number of nitrogens with one attached hydrogen (secondary N) is 3. The first-order valence-electron chi connectivity index (χ1n) is 12.9. The summed E-state index contributed by atoms with van der Waals surface area (Å²) < 4.78 is 5.33. The minimum atomic E-state index is -0.553. The van der Waals surface area contributed by atoms with Crippen molar-refractivity contribution in [2.45, 2.75) is 11.3 Å². The molecule has 0 unspecified atom stereocenters. The number of nitrogens with zero attached hydrogens (tertiary/aromatic N) is 2. The van der Waals surface area contributed by atoms with Crippen molar-refractivity contribution in [1.82, 2.24) is 10.6 Å². The molecular weight excluding hydrogens is 554 g/mol. The molecule has 210 valence electrons. The van der Waals surface area contributed by atoms with Crippen molar-refractivity contribution in [2.75, 3.05) is 16.1 Å². The maximum absolute atomic E-state index is 13.2. The number of thioether (sulfide) groups is 1. The summed E-state index contributed by atoms with van der Waals surface area (Å²) in [4.78, 5) is 51.6. The molecular formula is C31H25N5O5S. The quantitative estimate of drug-likeness (QED) is 0.195. The predicted molar refractivity (Wildman–Crippen MR) is 161 cm³/mol. The molecule has 2 heterocycles. The van der Waals surface area contributed by atoms with Crippen LogP contribution in [-0.2, 0) is 14.4 Å². The van der Waals surface area contributed by atoms with Crippen LogP contribution in [0.3, 0.4) is 0 Å². The number of amidine groups is 1. The topological polar surface area (TPSA) is 133 Å². The SMILES string of the molecule is O=C(CSc1cccc(NC(=O)/C(=C/c2ccco2)NC(=O)c2ccccc2)c1)NC1=NN(c2ccccc2)C(=O)C1. The maximum Gasteiger partial charge on any atom is 0.272 e. The number of para-hydroxylation sites is 1. The molecule has 1 aliphatic heterocycles. The van der Waals surface area contributed by atoms with Crippen LogP contribution in [0.1, 0.15) is 22.5 Å². The smallest absolute Gasteiger partial charge is 0.272 e. The summed E-state index contributed by atoms with van der Waals surface area (Å²) in [6.07, 6.45) is 2.91. The van der Waals surface area contributed by atoms with E-state index in [2.05, 4.69) is 21.1 Å². The van der Waals surface area contributed by atoms with Crippen LogP contribution in [0.2, 0.25) is 0 Å². The van der Waals surface area contributed by atoms with Crippen molar-refractivity contribution >= 4 is 58.7 Å². The Bertz CT molecular complexity index is 1650. The molecule has 4 amide bonds. The molecule has 1 aromatic heterocycles. The Morgan fingerprint density at radius 1 is 0.905 bits per heavy atom. The van der Waals surface area contributed by atoms with Gasteiger partial charge in [0.05, 0.1) is 24.1 Å². The highest BCUT2D eigenvalue weighted by molar-refractivity contribution is 8.00. The molecule has 4 aromatic rings. The molecule has 10 nitrogen and oxygen atoms in total. The number of hydrogen-bond donors (Lipinski definition) is 3. The minimum absolute atomic E-state index is 0.00147. The second kappa shape index (κ2) is 13.3. The van der Waals surface area contributed by atoms with Gasteiger partial charge in [-0.25, -0.2) is 0 Å². The fraction of sp³-hybridized carbons (Fsp3) is 0.0645. The van der Waals surface area contributed by atoms with E-state index >= 15 is 0 Å². The van der Waals surface area contributed by atoms with E-state index in [9.17, 15) is 19.2 Å². The van der Waals surface area contributed by atoms with E-state index in [0.717, 1.165) is 4.90 Å². The van der Waals surface area contributed by atoms with E-state index in [-0.39, 0.29) is 35.5 Å². The summed E-state index contributed by atoms with van der Waals surface area (Å²) in [5.41, 5.74) is 1.48. The van der Waals surface area contributed by atoms with Crippen LogP contribution in [0, 0.1) is 0 Å². The predicted octanol–water partition coefficient (Wildman–Crippen LogP) is 4.65. The number of hydrogen-bond acceptors (Lipinski definition) is 7. The van der Waals surface area contributed by atoms with Crippen LogP contribution in [0.15, 0.2) is 123 Å². The Morgan fingerprint density at radius 2 is 1.67 bits per heavy atom. The number of benzene rings is 3. The van der Waals surface area contributed by atoms with Crippen LogP contribution in [-0.4, -0.2) is 35.2 Å². The zero-order valence-corrected chi connectivity index (χ0v) is 23.0. The molecule has 3 aromatic carbocycles. The highest BCUT2D eigenvalue weighted by Gasteiger charge is 2.26. The molecule has 0 atom stereocenters. The third-order valence-electron chi connectivity index (χ3n) is 5.88. The van der Waals surface area contributed by atoms with Gasteiger partial charge in [0, 0.05) is 22.2 Å². The number of amides is 4. The van der Waals surface area contributed by atoms with Crippen LogP contribution in [0.5, 0.6) is 0 Å². The highest BCUT2D eigenvalue weighted by Crippen LogP contribution is 2.23. The van der Waals surface area contributed by atoms with E-state index in [1.54, 1.807) is 91.0 Å². The third-order valence-corrected chi connectivity index (χ3v) is 6.87. The lowest BCUT2D eigenvalue weighted by Crippen LogP contribution is -2.31. The lowest BCUT2D eigenvalue weighted by molar-refractivity contribution is -0.117. The molecule has 0 fully saturated rings. The zero-order chi connectivity index (χ0) is 29.3. The molecule has 1 aliphatic rings. The van der Waals surface area contributed by atoms with Crippen LogP contribution in [0.25, 0.3) is 6.08 Å². The van der Waals surface area contributed by atoms with Crippen LogP contribution in [0.4, 0.5) is 11.4 Å². The number of furan rings is 1. The maximum atomic E-state index is 13.2. The normalized spacial score (nSPS) is 13.0. The Hall–Kier alpha value is -5.42. The zero-order valence-electron chi connectivity index (χ0n) is 22.2. The fourth-order valence-corrected chi connectivity index (χ4v) is 4.69. The average molecular weight is 580 g/mol. The largest absolute Gasteiger partial charge is 0.465 e. The van der Waals surface area contributed by atoms with Gasteiger partial charge in [0.15, 0.2) is 0 Å². The molecule has 0 saturated carbocycles. The number of anilines is 2. The van der Waals surface area contributed by atoms with Crippen LogP contribution >= 0.6 is 11.8 Å². The van der Waals surface area contributed by atoms with Crippen molar-refractivity contribution < 1.29 is 23.6 Å². The summed E-state index contributed by atoms with van der Waals surface area (Å²) >= 11 is 1.26. The first kappa shape index (κ1) is 28.1. The average Bonchev–Trinajstić information content (AvgIpc) is 3.66. The molecule has 0 saturated heterocycles. The lowest BCUT2D eigenvalue weighted by Gasteiger charge is -2.12. The first-order valence-corrected chi connectivity index (χ1v) is 13.8. The van der Waals surface area contributed by atoms with Crippen LogP contribution < -0.4 is 21.0 Å². The second-order valence-corrected chi connectivity index (χ2v) is 10.0. The summed E-state index contributed by atoms with van der Waals surface area (Å²) in [6.45, 7) is 0. The Labute approximate surface area is 245 Å². The second-order valence-electron chi connectivity index (χ2n) is 8.98. The van der Waals surface area contributed by atoms with E-state index in [0.29, 0.717) is 22.7 Å². The molecule has 0 radical (unpaired) electrons. The van der Waals surface area contributed by atoms with Gasteiger partial charge in [0.2, 0.25) is 5.91 Å². The molecule has 11 heteroatoms. The number of carbonyl (C=O) groups is 4. The molecule has 0 bridgehead atoms. The number of hydrazone groups is 1. The molecule has 0 spiro atoms. The summed E-state index contributed by atoms with van der Waals surface area (Å²) in [7, 11) is 0. The van der Waals surface area contributed by atoms with Gasteiger partial charge in [-0.05, 0) is 54.6 Å². The van der Waals surface area contributed by atoms with Gasteiger partial charge in [-0.2, -0.15) is 10.1 Å². The van der Waals surface area contributed by atoms with E-state index in [1.165, 1.54) is 29.1 Å². The van der Waals surface area contributed by atoms with Crippen molar-refractivity contribution in [2.24, 2.45) is 5.10 Å². The van der Waals surface area contributed by atoms with Gasteiger partial charge in [-0.15, -0.1) is 11.8 Å². The van der Waals surface area contributed by atoms with Gasteiger partial charge in [-0.1, -0.05) is 42.5 Å². The summed E-state index contributed by atoms with van der Waals surface area (Å²) in [6, 6.07) is 27.8. The van der Waals surface area contributed by atoms with Gasteiger partial charge >= 0.3 is 0 Å². The number of rotatable bonds is 9. The fourth-order valence-electron chi connectivity index (χ4n) is 3.94.